The largest absolute Gasteiger partial charge is 0.378 e. The lowest BCUT2D eigenvalue weighted by atomic mass is 10.1. The summed E-state index contributed by atoms with van der Waals surface area (Å²) in [6.07, 6.45) is 0. The van der Waals surface area contributed by atoms with Gasteiger partial charge in [-0.15, -0.1) is 0 Å². The minimum Gasteiger partial charge on any atom is -0.378 e. The molecule has 0 aromatic heterocycles. The number of anilines is 3. The van der Waals surface area contributed by atoms with Gasteiger partial charge in [-0.05, 0) is 49.2 Å². The van der Waals surface area contributed by atoms with Crippen molar-refractivity contribution in [1.82, 2.24) is 4.90 Å². The van der Waals surface area contributed by atoms with E-state index < -0.39 is 0 Å². The van der Waals surface area contributed by atoms with Crippen LogP contribution in [-0.2, 0) is 14.3 Å². The average molecular weight is 411 g/mol. The fraction of sp³-hybridized carbons (Fsp3) is 0.391. The molecule has 1 fully saturated rings. The number of aryl methyl sites for hydroxylation is 2. The van der Waals surface area contributed by atoms with E-state index in [1.807, 2.05) is 56.3 Å². The van der Waals surface area contributed by atoms with Gasteiger partial charge in [0.2, 0.25) is 11.8 Å². The molecule has 7 heteroatoms. The molecule has 0 aliphatic carbocycles. The van der Waals surface area contributed by atoms with Crippen molar-refractivity contribution >= 4 is 28.9 Å². The van der Waals surface area contributed by atoms with E-state index in [0.29, 0.717) is 5.69 Å². The number of carbonyl (C=O) groups excluding carboxylic acids is 2. The molecule has 1 saturated heterocycles. The number of amides is 2. The molecule has 3 rings (SSSR count). The molecule has 7 nitrogen and oxygen atoms in total. The van der Waals surface area contributed by atoms with Crippen LogP contribution in [0.5, 0.6) is 0 Å². The molecule has 2 amide bonds. The molecule has 30 heavy (non-hydrogen) atoms. The first-order chi connectivity index (χ1) is 14.4. The fourth-order valence-corrected chi connectivity index (χ4v) is 3.47. The smallest absolute Gasteiger partial charge is 0.243 e. The second kappa shape index (κ2) is 10.1. The average Bonchev–Trinajstić information content (AvgIpc) is 2.74. The Kier molecular flexibility index (Phi) is 7.30. The zero-order valence-electron chi connectivity index (χ0n) is 17.9. The zero-order valence-corrected chi connectivity index (χ0v) is 17.9. The Hall–Kier alpha value is -3.06. The van der Waals surface area contributed by atoms with Crippen molar-refractivity contribution in [2.24, 2.45) is 0 Å². The van der Waals surface area contributed by atoms with Crippen LogP contribution in [0.1, 0.15) is 11.1 Å². The first-order valence-electron chi connectivity index (χ1n) is 10.2. The topological polar surface area (TPSA) is 73.9 Å². The maximum atomic E-state index is 12.4. The number of rotatable bonds is 7. The van der Waals surface area contributed by atoms with Gasteiger partial charge in [0, 0.05) is 37.2 Å². The van der Waals surface area contributed by atoms with Gasteiger partial charge in [0.15, 0.2) is 0 Å². The van der Waals surface area contributed by atoms with Crippen LogP contribution >= 0.6 is 0 Å². The van der Waals surface area contributed by atoms with E-state index in [2.05, 4.69) is 15.5 Å². The summed E-state index contributed by atoms with van der Waals surface area (Å²) < 4.78 is 5.37. The fourth-order valence-electron chi connectivity index (χ4n) is 3.47. The van der Waals surface area contributed by atoms with E-state index in [4.69, 9.17) is 4.74 Å². The quantitative estimate of drug-likeness (QED) is 0.734. The van der Waals surface area contributed by atoms with Gasteiger partial charge in [-0.1, -0.05) is 18.2 Å². The molecule has 1 aliphatic rings. The molecule has 0 spiro atoms. The third kappa shape index (κ3) is 5.73. The molecule has 160 valence electrons. The third-order valence-electron chi connectivity index (χ3n) is 5.23. The van der Waals surface area contributed by atoms with Crippen molar-refractivity contribution in [2.45, 2.75) is 13.8 Å². The van der Waals surface area contributed by atoms with Gasteiger partial charge >= 0.3 is 0 Å². The number of hydrogen-bond donors (Lipinski definition) is 2. The van der Waals surface area contributed by atoms with Crippen LogP contribution < -0.4 is 15.5 Å². The van der Waals surface area contributed by atoms with Crippen LogP contribution in [0.15, 0.2) is 42.5 Å². The van der Waals surface area contributed by atoms with Crippen LogP contribution in [0.25, 0.3) is 0 Å². The van der Waals surface area contributed by atoms with Gasteiger partial charge in [-0.3, -0.25) is 9.59 Å². The van der Waals surface area contributed by atoms with Crippen molar-refractivity contribution in [3.05, 3.63) is 53.6 Å². The molecule has 0 radical (unpaired) electrons. The number of morpholine rings is 1. The first kappa shape index (κ1) is 21.6. The van der Waals surface area contributed by atoms with Gasteiger partial charge in [0.25, 0.3) is 0 Å². The molecule has 2 aromatic carbocycles. The minimum atomic E-state index is -0.225. The number of likely N-dealkylation sites (N-methyl/N-ethyl adjacent to an activating group) is 1. The summed E-state index contributed by atoms with van der Waals surface area (Å²) >= 11 is 0. The lowest BCUT2D eigenvalue weighted by molar-refractivity contribution is -0.131. The lowest BCUT2D eigenvalue weighted by Crippen LogP contribution is -2.38. The van der Waals surface area contributed by atoms with Crippen molar-refractivity contribution in [3.8, 4) is 0 Å². The molecule has 1 aliphatic heterocycles. The SMILES string of the molecule is Cc1cccc(C)c1NCC(=O)N(C)CC(=O)Nc1ccc(N2CCOCC2)cc1. The van der Waals surface area contributed by atoms with Gasteiger partial charge in [-0.25, -0.2) is 0 Å². The summed E-state index contributed by atoms with van der Waals surface area (Å²) in [5.74, 6) is -0.368. The molecule has 2 aromatic rings. The minimum absolute atomic E-state index is 0.00151. The Morgan fingerprint density at radius 1 is 1.03 bits per heavy atom. The molecule has 0 atom stereocenters. The monoisotopic (exact) mass is 410 g/mol. The normalized spacial score (nSPS) is 13.6. The third-order valence-corrected chi connectivity index (χ3v) is 5.23. The Morgan fingerprint density at radius 2 is 1.67 bits per heavy atom. The molecule has 0 unspecified atom stereocenters. The lowest BCUT2D eigenvalue weighted by Gasteiger charge is -2.28. The Labute approximate surface area is 178 Å². The Bertz CT molecular complexity index is 856. The first-order valence-corrected chi connectivity index (χ1v) is 10.2. The molecular weight excluding hydrogens is 380 g/mol. The van der Waals surface area contributed by atoms with E-state index in [1.54, 1.807) is 7.05 Å². The van der Waals surface area contributed by atoms with Gasteiger partial charge in [0.1, 0.15) is 0 Å². The van der Waals surface area contributed by atoms with Crippen molar-refractivity contribution in [3.63, 3.8) is 0 Å². The van der Waals surface area contributed by atoms with E-state index in [0.717, 1.165) is 48.8 Å². The van der Waals surface area contributed by atoms with Crippen LogP contribution in [0.4, 0.5) is 17.1 Å². The van der Waals surface area contributed by atoms with Gasteiger partial charge in [0.05, 0.1) is 26.3 Å². The summed E-state index contributed by atoms with van der Waals surface area (Å²) in [6.45, 7) is 7.35. The number of carbonyl (C=O) groups is 2. The molecule has 0 saturated carbocycles. The molecule has 0 bridgehead atoms. The standard InChI is InChI=1S/C23H30N4O3/c1-17-5-4-6-18(2)23(17)24-15-22(29)26(3)16-21(28)25-19-7-9-20(10-8-19)27-11-13-30-14-12-27/h4-10,24H,11-16H2,1-3H3,(H,25,28). The Morgan fingerprint density at radius 3 is 2.30 bits per heavy atom. The second-order valence-electron chi connectivity index (χ2n) is 7.56. The number of ether oxygens (including phenoxy) is 1. The van der Waals surface area contributed by atoms with E-state index in [9.17, 15) is 9.59 Å². The van der Waals surface area contributed by atoms with Crippen LogP contribution in [0, 0.1) is 13.8 Å². The number of hydrogen-bond acceptors (Lipinski definition) is 5. The summed E-state index contributed by atoms with van der Waals surface area (Å²) in [5, 5.41) is 6.04. The van der Waals surface area contributed by atoms with Crippen LogP contribution in [0.3, 0.4) is 0 Å². The Balaban J connectivity index is 1.47. The summed E-state index contributed by atoms with van der Waals surface area (Å²) in [7, 11) is 1.63. The highest BCUT2D eigenvalue weighted by molar-refractivity contribution is 5.95. The second-order valence-corrected chi connectivity index (χ2v) is 7.56. The van der Waals surface area contributed by atoms with E-state index in [-0.39, 0.29) is 24.9 Å². The summed E-state index contributed by atoms with van der Waals surface area (Å²) in [5.41, 5.74) is 4.96. The number of benzene rings is 2. The number of nitrogens with one attached hydrogen (secondary N) is 2. The van der Waals surface area contributed by atoms with E-state index >= 15 is 0 Å². The predicted octanol–water partition coefficient (Wildman–Crippen LogP) is 2.65. The van der Waals surface area contributed by atoms with Crippen molar-refractivity contribution in [2.75, 3.05) is 62.0 Å². The van der Waals surface area contributed by atoms with Crippen LogP contribution in [-0.4, -0.2) is 63.2 Å². The van der Waals surface area contributed by atoms with Crippen molar-refractivity contribution < 1.29 is 14.3 Å². The zero-order chi connectivity index (χ0) is 21.5. The highest BCUT2D eigenvalue weighted by atomic mass is 16.5. The maximum absolute atomic E-state index is 12.4. The maximum Gasteiger partial charge on any atom is 0.243 e. The predicted molar refractivity (Wildman–Crippen MR) is 120 cm³/mol. The van der Waals surface area contributed by atoms with Gasteiger partial charge in [-0.2, -0.15) is 0 Å². The highest BCUT2D eigenvalue weighted by Crippen LogP contribution is 2.20. The van der Waals surface area contributed by atoms with Gasteiger partial charge < -0.3 is 25.2 Å². The summed E-state index contributed by atoms with van der Waals surface area (Å²) in [4.78, 5) is 28.4. The van der Waals surface area contributed by atoms with Crippen molar-refractivity contribution in [1.29, 1.82) is 0 Å². The summed E-state index contributed by atoms with van der Waals surface area (Å²) in [6, 6.07) is 13.7. The molecular formula is C23H30N4O3. The van der Waals surface area contributed by atoms with Crippen LogP contribution in [0.2, 0.25) is 0 Å². The number of nitrogens with zero attached hydrogens (tertiary/aromatic N) is 2. The van der Waals surface area contributed by atoms with E-state index in [1.165, 1.54) is 4.90 Å². The molecule has 2 N–H and O–H groups in total. The highest BCUT2D eigenvalue weighted by Gasteiger charge is 2.15. The molecule has 1 heterocycles. The number of para-hydroxylation sites is 1.